The molecule has 1 heterocycles. The Hall–Kier alpha value is -1.14. The molecule has 0 aromatic heterocycles. The van der Waals surface area contributed by atoms with Crippen LogP contribution >= 0.6 is 12.4 Å². The largest absolute Gasteiger partial charge is 0.573 e. The molecule has 1 aliphatic rings. The van der Waals surface area contributed by atoms with Gasteiger partial charge in [0.25, 0.3) is 0 Å². The molecule has 0 spiro atoms. The van der Waals surface area contributed by atoms with E-state index in [-0.39, 0.29) is 18.2 Å². The van der Waals surface area contributed by atoms with Crippen molar-refractivity contribution in [2.24, 2.45) is 0 Å². The highest BCUT2D eigenvalue weighted by atomic mass is 35.5. The number of benzene rings is 1. The van der Waals surface area contributed by atoms with E-state index in [1.54, 1.807) is 12.1 Å². The first-order valence-electron chi connectivity index (χ1n) is 6.20. The minimum absolute atomic E-state index is 0. The minimum Gasteiger partial charge on any atom is -0.406 e. The van der Waals surface area contributed by atoms with Gasteiger partial charge in [-0.3, -0.25) is 0 Å². The third-order valence-corrected chi connectivity index (χ3v) is 2.99. The number of halogens is 4. The lowest BCUT2D eigenvalue weighted by Crippen LogP contribution is -2.54. The Morgan fingerprint density at radius 1 is 1.10 bits per heavy atom. The van der Waals surface area contributed by atoms with Gasteiger partial charge in [0, 0.05) is 30.9 Å². The van der Waals surface area contributed by atoms with Gasteiger partial charge in [-0.25, -0.2) is 0 Å². The fourth-order valence-electron chi connectivity index (χ4n) is 2.40. The van der Waals surface area contributed by atoms with Gasteiger partial charge in [-0.1, -0.05) is 0 Å². The van der Waals surface area contributed by atoms with Crippen molar-refractivity contribution in [3.63, 3.8) is 0 Å². The monoisotopic (exact) mass is 310 g/mol. The quantitative estimate of drug-likeness (QED) is 0.908. The van der Waals surface area contributed by atoms with Gasteiger partial charge in [0.05, 0.1) is 0 Å². The number of anilines is 1. The normalized spacial score (nSPS) is 23.1. The molecule has 0 amide bonds. The molecule has 3 nitrogen and oxygen atoms in total. The second-order valence-corrected chi connectivity index (χ2v) is 4.92. The fraction of sp³-hybridized carbons (Fsp3) is 0.538. The molecule has 1 fully saturated rings. The maximum absolute atomic E-state index is 12.1. The highest BCUT2D eigenvalue weighted by molar-refractivity contribution is 5.85. The summed E-state index contributed by atoms with van der Waals surface area (Å²) in [4.78, 5) is 2.16. The molecule has 20 heavy (non-hydrogen) atoms. The number of nitrogens with one attached hydrogen (secondary N) is 1. The fourth-order valence-corrected chi connectivity index (χ4v) is 2.40. The van der Waals surface area contributed by atoms with E-state index >= 15 is 0 Å². The molecule has 1 saturated heterocycles. The molecule has 0 bridgehead atoms. The molecule has 0 aliphatic carbocycles. The van der Waals surface area contributed by atoms with Crippen LogP contribution in [0.15, 0.2) is 24.3 Å². The maximum atomic E-state index is 12.1. The molecule has 1 aliphatic heterocycles. The Morgan fingerprint density at radius 2 is 1.60 bits per heavy atom. The van der Waals surface area contributed by atoms with Gasteiger partial charge < -0.3 is 15.0 Å². The molecule has 1 aromatic rings. The lowest BCUT2D eigenvalue weighted by molar-refractivity contribution is -0.274. The van der Waals surface area contributed by atoms with E-state index in [1.807, 2.05) is 0 Å². The zero-order valence-electron chi connectivity index (χ0n) is 11.3. The van der Waals surface area contributed by atoms with Gasteiger partial charge in [0.15, 0.2) is 0 Å². The molecule has 0 saturated carbocycles. The van der Waals surface area contributed by atoms with Crippen LogP contribution in [0.3, 0.4) is 0 Å². The summed E-state index contributed by atoms with van der Waals surface area (Å²) in [5.74, 6) is -0.188. The zero-order chi connectivity index (χ0) is 14.0. The van der Waals surface area contributed by atoms with Crippen molar-refractivity contribution in [1.29, 1.82) is 0 Å². The average molecular weight is 311 g/mol. The van der Waals surface area contributed by atoms with Crippen LogP contribution in [0.2, 0.25) is 0 Å². The SMILES string of the molecule is CC1CN(c2ccc(OC(F)(F)F)cc2)CC(C)N1.Cl. The molecule has 1 aromatic carbocycles. The first-order valence-corrected chi connectivity index (χ1v) is 6.20. The minimum atomic E-state index is -4.64. The van der Waals surface area contributed by atoms with Crippen molar-refractivity contribution in [2.75, 3.05) is 18.0 Å². The van der Waals surface area contributed by atoms with Crippen LogP contribution in [0.5, 0.6) is 5.75 Å². The summed E-state index contributed by atoms with van der Waals surface area (Å²) >= 11 is 0. The van der Waals surface area contributed by atoms with Crippen LogP contribution in [-0.2, 0) is 0 Å². The van der Waals surface area contributed by atoms with Gasteiger partial charge in [-0.15, -0.1) is 25.6 Å². The first-order chi connectivity index (χ1) is 8.83. The number of alkyl halides is 3. The van der Waals surface area contributed by atoms with Crippen LogP contribution in [0.25, 0.3) is 0 Å². The number of rotatable bonds is 2. The van der Waals surface area contributed by atoms with E-state index in [4.69, 9.17) is 0 Å². The Balaban J connectivity index is 0.00000200. The predicted molar refractivity (Wildman–Crippen MR) is 74.6 cm³/mol. The molecule has 1 N–H and O–H groups in total. The number of nitrogens with zero attached hydrogens (tertiary/aromatic N) is 1. The number of hydrogen-bond donors (Lipinski definition) is 1. The number of piperazine rings is 1. The lowest BCUT2D eigenvalue weighted by atomic mass is 10.1. The summed E-state index contributed by atoms with van der Waals surface area (Å²) in [6.07, 6.45) is -4.64. The van der Waals surface area contributed by atoms with Gasteiger partial charge >= 0.3 is 6.36 Å². The first kappa shape index (κ1) is 16.9. The van der Waals surface area contributed by atoms with Crippen molar-refractivity contribution in [1.82, 2.24) is 5.32 Å². The van der Waals surface area contributed by atoms with Crippen LogP contribution in [-0.4, -0.2) is 31.5 Å². The smallest absolute Gasteiger partial charge is 0.406 e. The van der Waals surface area contributed by atoms with Crippen molar-refractivity contribution >= 4 is 18.1 Å². The number of ether oxygens (including phenoxy) is 1. The third-order valence-electron chi connectivity index (χ3n) is 2.99. The van der Waals surface area contributed by atoms with E-state index in [0.717, 1.165) is 18.8 Å². The highest BCUT2D eigenvalue weighted by Crippen LogP contribution is 2.26. The van der Waals surface area contributed by atoms with E-state index in [1.165, 1.54) is 12.1 Å². The summed E-state index contributed by atoms with van der Waals surface area (Å²) in [6.45, 7) is 5.85. The van der Waals surface area contributed by atoms with Crippen molar-refractivity contribution in [3.05, 3.63) is 24.3 Å². The maximum Gasteiger partial charge on any atom is 0.573 e. The average Bonchev–Trinajstić information content (AvgIpc) is 2.26. The Morgan fingerprint density at radius 3 is 2.05 bits per heavy atom. The van der Waals surface area contributed by atoms with Crippen LogP contribution in [0.1, 0.15) is 13.8 Å². The predicted octanol–water partition coefficient (Wildman–Crippen LogP) is 3.19. The van der Waals surface area contributed by atoms with Gasteiger partial charge in [0.2, 0.25) is 0 Å². The van der Waals surface area contributed by atoms with Crippen molar-refractivity contribution in [3.8, 4) is 5.75 Å². The van der Waals surface area contributed by atoms with E-state index in [2.05, 4.69) is 28.8 Å². The molecule has 114 valence electrons. The van der Waals surface area contributed by atoms with E-state index < -0.39 is 6.36 Å². The second kappa shape index (κ2) is 6.54. The molecule has 2 unspecified atom stereocenters. The second-order valence-electron chi connectivity index (χ2n) is 4.92. The molecule has 2 rings (SSSR count). The summed E-state index contributed by atoms with van der Waals surface area (Å²) in [5, 5.41) is 3.41. The Labute approximate surface area is 122 Å². The van der Waals surface area contributed by atoms with E-state index in [9.17, 15) is 13.2 Å². The highest BCUT2D eigenvalue weighted by Gasteiger charge is 2.31. The van der Waals surface area contributed by atoms with Gasteiger partial charge in [-0.05, 0) is 38.1 Å². The molecular formula is C13H18ClF3N2O. The van der Waals surface area contributed by atoms with Crippen molar-refractivity contribution in [2.45, 2.75) is 32.3 Å². The molecule has 0 radical (unpaired) electrons. The van der Waals surface area contributed by atoms with Gasteiger partial charge in [0.1, 0.15) is 5.75 Å². The standard InChI is InChI=1S/C13H17F3N2O.ClH/c1-9-7-18(8-10(2)17-9)11-3-5-12(6-4-11)19-13(14,15)16;/h3-6,9-10,17H,7-8H2,1-2H3;1H. The Kier molecular flexibility index (Phi) is 5.53. The topological polar surface area (TPSA) is 24.5 Å². The summed E-state index contributed by atoms with van der Waals surface area (Å²) in [7, 11) is 0. The van der Waals surface area contributed by atoms with Gasteiger partial charge in [-0.2, -0.15) is 0 Å². The summed E-state index contributed by atoms with van der Waals surface area (Å²) < 4.78 is 40.0. The van der Waals surface area contributed by atoms with E-state index in [0.29, 0.717) is 12.1 Å². The zero-order valence-corrected chi connectivity index (χ0v) is 12.1. The Bertz CT molecular complexity index is 415. The summed E-state index contributed by atoms with van der Waals surface area (Å²) in [6, 6.07) is 6.72. The molecular weight excluding hydrogens is 293 g/mol. The third kappa shape index (κ3) is 4.76. The number of hydrogen-bond acceptors (Lipinski definition) is 3. The summed E-state index contributed by atoms with van der Waals surface area (Å²) in [5.41, 5.74) is 0.912. The molecule has 2 atom stereocenters. The van der Waals surface area contributed by atoms with Crippen molar-refractivity contribution < 1.29 is 17.9 Å². The van der Waals surface area contributed by atoms with Crippen LogP contribution in [0.4, 0.5) is 18.9 Å². The molecule has 7 heteroatoms. The lowest BCUT2D eigenvalue weighted by Gasteiger charge is -2.37. The van der Waals surface area contributed by atoms with Crippen LogP contribution < -0.4 is 15.0 Å². The van der Waals surface area contributed by atoms with Crippen LogP contribution in [0, 0.1) is 0 Å².